The Hall–Kier alpha value is -0.200. The first-order chi connectivity index (χ1) is 6.39. The molecule has 1 aromatic carbocycles. The first-order valence-electron chi connectivity index (χ1n) is 4.78. The van der Waals surface area contributed by atoms with E-state index in [1.165, 1.54) is 5.56 Å². The van der Waals surface area contributed by atoms with Crippen molar-refractivity contribution in [1.82, 2.24) is 0 Å². The Morgan fingerprint density at radius 2 is 1.93 bits per heavy atom. The van der Waals surface area contributed by atoms with Crippen molar-refractivity contribution < 1.29 is 0 Å². The molecular weight excluding hydrogens is 215 g/mol. The van der Waals surface area contributed by atoms with Crippen LogP contribution in [-0.4, -0.2) is 5.38 Å². The van der Waals surface area contributed by atoms with E-state index >= 15 is 0 Å². The van der Waals surface area contributed by atoms with Gasteiger partial charge in [0, 0.05) is 10.4 Å². The average Bonchev–Trinajstić information content (AvgIpc) is 2.02. The lowest BCUT2D eigenvalue weighted by molar-refractivity contribution is 0.386. The molecule has 0 nitrogen and oxygen atoms in total. The minimum atomic E-state index is 0.129. The molecule has 0 bridgehead atoms. The average molecular weight is 231 g/mol. The lowest BCUT2D eigenvalue weighted by atomic mass is 9.88. The molecule has 1 unspecified atom stereocenters. The van der Waals surface area contributed by atoms with Gasteiger partial charge in [-0.2, -0.15) is 0 Å². The number of halogens is 2. The second-order valence-electron chi connectivity index (χ2n) is 4.67. The third-order valence-corrected chi connectivity index (χ3v) is 3.29. The highest BCUT2D eigenvalue weighted by atomic mass is 35.5. The molecule has 78 valence electrons. The minimum Gasteiger partial charge on any atom is -0.122 e. The molecule has 1 rings (SSSR count). The summed E-state index contributed by atoms with van der Waals surface area (Å²) < 4.78 is 0. The molecule has 1 atom stereocenters. The molecule has 0 fully saturated rings. The van der Waals surface area contributed by atoms with E-state index in [2.05, 4.69) is 26.8 Å². The summed E-state index contributed by atoms with van der Waals surface area (Å²) in [5, 5.41) is 0.918. The maximum atomic E-state index is 6.30. The van der Waals surface area contributed by atoms with E-state index in [1.807, 2.05) is 18.2 Å². The molecule has 0 aliphatic rings. The molecule has 0 aliphatic heterocycles. The number of hydrogen-bond donors (Lipinski definition) is 0. The van der Waals surface area contributed by atoms with Crippen molar-refractivity contribution in [2.45, 2.75) is 32.6 Å². The summed E-state index contributed by atoms with van der Waals surface area (Å²) in [5.41, 5.74) is 1.33. The zero-order valence-corrected chi connectivity index (χ0v) is 10.4. The number of hydrogen-bond acceptors (Lipinski definition) is 0. The van der Waals surface area contributed by atoms with E-state index in [9.17, 15) is 0 Å². The van der Waals surface area contributed by atoms with Gasteiger partial charge in [0.15, 0.2) is 0 Å². The summed E-state index contributed by atoms with van der Waals surface area (Å²) in [5.74, 6) is 0. The summed E-state index contributed by atoms with van der Waals surface area (Å²) in [4.78, 5) is 0. The van der Waals surface area contributed by atoms with Gasteiger partial charge in [0.2, 0.25) is 0 Å². The van der Waals surface area contributed by atoms with Crippen LogP contribution in [0, 0.1) is 5.41 Å². The van der Waals surface area contributed by atoms with E-state index in [0.29, 0.717) is 0 Å². The maximum absolute atomic E-state index is 6.30. The lowest BCUT2D eigenvalue weighted by Gasteiger charge is -2.25. The summed E-state index contributed by atoms with van der Waals surface area (Å²) in [7, 11) is 0. The Bertz CT molecular complexity index is 299. The largest absolute Gasteiger partial charge is 0.122 e. The van der Waals surface area contributed by atoms with Crippen molar-refractivity contribution in [3.63, 3.8) is 0 Å². The number of alkyl halides is 1. The highest BCUT2D eigenvalue weighted by Gasteiger charge is 2.22. The summed E-state index contributed by atoms with van der Waals surface area (Å²) in [6.07, 6.45) is 0.867. The van der Waals surface area contributed by atoms with E-state index in [-0.39, 0.29) is 10.8 Å². The van der Waals surface area contributed by atoms with Gasteiger partial charge in [-0.15, -0.1) is 11.6 Å². The van der Waals surface area contributed by atoms with Crippen molar-refractivity contribution in [2.24, 2.45) is 5.41 Å². The Kier molecular flexibility index (Phi) is 3.86. The summed E-state index contributed by atoms with van der Waals surface area (Å²) >= 11 is 12.2. The van der Waals surface area contributed by atoms with Crippen molar-refractivity contribution in [3.8, 4) is 0 Å². The minimum absolute atomic E-state index is 0.129. The van der Waals surface area contributed by atoms with Gasteiger partial charge >= 0.3 is 0 Å². The van der Waals surface area contributed by atoms with Crippen LogP contribution in [0.4, 0.5) is 0 Å². The Morgan fingerprint density at radius 1 is 1.29 bits per heavy atom. The topological polar surface area (TPSA) is 0 Å². The second-order valence-corrected chi connectivity index (χ2v) is 5.63. The molecule has 0 amide bonds. The standard InChI is InChI=1S/C12H16Cl2/c1-12(2,3)11(14)8-9-5-4-6-10(13)7-9/h4-7,11H,8H2,1-3H3. The molecular formula is C12H16Cl2. The molecule has 14 heavy (non-hydrogen) atoms. The van der Waals surface area contributed by atoms with E-state index in [0.717, 1.165) is 11.4 Å². The van der Waals surface area contributed by atoms with Crippen LogP contribution in [0.1, 0.15) is 26.3 Å². The Morgan fingerprint density at radius 3 is 2.43 bits per heavy atom. The van der Waals surface area contributed by atoms with Crippen molar-refractivity contribution in [3.05, 3.63) is 34.9 Å². The van der Waals surface area contributed by atoms with Crippen LogP contribution < -0.4 is 0 Å². The zero-order valence-electron chi connectivity index (χ0n) is 8.85. The smallest absolute Gasteiger partial charge is 0.0424 e. The molecule has 0 N–H and O–H groups in total. The van der Waals surface area contributed by atoms with Gasteiger partial charge in [0.25, 0.3) is 0 Å². The first-order valence-corrected chi connectivity index (χ1v) is 5.59. The summed E-state index contributed by atoms with van der Waals surface area (Å²) in [6.45, 7) is 6.44. The predicted octanol–water partition coefficient (Wildman–Crippen LogP) is 4.54. The fourth-order valence-electron chi connectivity index (χ4n) is 1.18. The first kappa shape index (κ1) is 11.9. The molecule has 1 aromatic rings. The van der Waals surface area contributed by atoms with Crippen molar-refractivity contribution in [2.75, 3.05) is 0 Å². The third-order valence-electron chi connectivity index (χ3n) is 2.24. The van der Waals surface area contributed by atoms with Crippen LogP contribution in [0.2, 0.25) is 5.02 Å². The Balaban J connectivity index is 2.70. The molecule has 0 aliphatic carbocycles. The summed E-state index contributed by atoms with van der Waals surface area (Å²) in [6, 6.07) is 7.88. The fourth-order valence-corrected chi connectivity index (χ4v) is 1.57. The van der Waals surface area contributed by atoms with Crippen molar-refractivity contribution in [1.29, 1.82) is 0 Å². The third kappa shape index (κ3) is 3.51. The number of benzene rings is 1. The van der Waals surface area contributed by atoms with E-state index in [1.54, 1.807) is 0 Å². The highest BCUT2D eigenvalue weighted by Crippen LogP contribution is 2.27. The van der Waals surface area contributed by atoms with Gasteiger partial charge in [-0.05, 0) is 29.5 Å². The van der Waals surface area contributed by atoms with Gasteiger partial charge in [-0.1, -0.05) is 44.5 Å². The van der Waals surface area contributed by atoms with Crippen LogP contribution in [0.15, 0.2) is 24.3 Å². The van der Waals surface area contributed by atoms with Gasteiger partial charge in [-0.25, -0.2) is 0 Å². The monoisotopic (exact) mass is 230 g/mol. The second kappa shape index (κ2) is 4.55. The Labute approximate surface area is 96.2 Å². The fraction of sp³-hybridized carbons (Fsp3) is 0.500. The molecule has 2 heteroatoms. The highest BCUT2D eigenvalue weighted by molar-refractivity contribution is 6.30. The van der Waals surface area contributed by atoms with Gasteiger partial charge in [0.05, 0.1) is 0 Å². The van der Waals surface area contributed by atoms with Gasteiger partial charge < -0.3 is 0 Å². The maximum Gasteiger partial charge on any atom is 0.0424 e. The predicted molar refractivity (Wildman–Crippen MR) is 64.3 cm³/mol. The SMILES string of the molecule is CC(C)(C)C(Cl)Cc1cccc(Cl)c1. The number of rotatable bonds is 2. The lowest BCUT2D eigenvalue weighted by Crippen LogP contribution is -2.22. The quantitative estimate of drug-likeness (QED) is 0.655. The van der Waals surface area contributed by atoms with Crippen LogP contribution in [0.5, 0.6) is 0 Å². The molecule has 0 radical (unpaired) electrons. The van der Waals surface area contributed by atoms with E-state index < -0.39 is 0 Å². The molecule has 0 spiro atoms. The van der Waals surface area contributed by atoms with Crippen molar-refractivity contribution >= 4 is 23.2 Å². The molecule has 0 aromatic heterocycles. The van der Waals surface area contributed by atoms with Crippen LogP contribution in [0.25, 0.3) is 0 Å². The van der Waals surface area contributed by atoms with Gasteiger partial charge in [0.1, 0.15) is 0 Å². The molecule has 0 heterocycles. The molecule has 0 saturated carbocycles. The van der Waals surface area contributed by atoms with Crippen LogP contribution in [-0.2, 0) is 6.42 Å². The normalized spacial score (nSPS) is 14.1. The van der Waals surface area contributed by atoms with E-state index in [4.69, 9.17) is 23.2 Å². The van der Waals surface area contributed by atoms with Crippen LogP contribution in [0.3, 0.4) is 0 Å². The molecule has 0 saturated heterocycles. The van der Waals surface area contributed by atoms with Crippen LogP contribution >= 0.6 is 23.2 Å². The zero-order chi connectivity index (χ0) is 10.8. The van der Waals surface area contributed by atoms with Gasteiger partial charge in [-0.3, -0.25) is 0 Å².